The number of nitrogens with one attached hydrogen (secondary N) is 2. The van der Waals surface area contributed by atoms with Crippen LogP contribution in [0.1, 0.15) is 19.8 Å². The number of benzene rings is 2. The Labute approximate surface area is 128 Å². The number of nitrogen functional groups attached to an aromatic ring is 1. The highest BCUT2D eigenvalue weighted by Crippen LogP contribution is 2.27. The largest absolute Gasteiger partial charge is 0.399 e. The standard InChI is InChI=1S/C17H18N4O/c1-2-3-16(22)19-17-14-9-6-12(10-15(14)20-21-17)11-4-7-13(18)8-5-11/h4-10H,2-3,18H2,1H3,(H2,19,20,21,22). The molecular weight excluding hydrogens is 276 g/mol. The Morgan fingerprint density at radius 1 is 1.18 bits per heavy atom. The third kappa shape index (κ3) is 2.79. The molecule has 5 heteroatoms. The van der Waals surface area contributed by atoms with Crippen LogP contribution in [0.15, 0.2) is 42.5 Å². The summed E-state index contributed by atoms with van der Waals surface area (Å²) in [6.07, 6.45) is 1.31. The summed E-state index contributed by atoms with van der Waals surface area (Å²) >= 11 is 0. The van der Waals surface area contributed by atoms with E-state index in [0.29, 0.717) is 12.2 Å². The van der Waals surface area contributed by atoms with Gasteiger partial charge in [-0.25, -0.2) is 0 Å². The van der Waals surface area contributed by atoms with Crippen molar-refractivity contribution in [2.45, 2.75) is 19.8 Å². The molecule has 0 saturated carbocycles. The molecule has 0 radical (unpaired) electrons. The van der Waals surface area contributed by atoms with Gasteiger partial charge in [0.25, 0.3) is 0 Å². The topological polar surface area (TPSA) is 83.8 Å². The summed E-state index contributed by atoms with van der Waals surface area (Å²) < 4.78 is 0. The highest BCUT2D eigenvalue weighted by molar-refractivity contribution is 6.00. The van der Waals surface area contributed by atoms with Gasteiger partial charge >= 0.3 is 0 Å². The number of rotatable bonds is 4. The van der Waals surface area contributed by atoms with E-state index in [9.17, 15) is 4.79 Å². The van der Waals surface area contributed by atoms with Crippen LogP contribution in [0.4, 0.5) is 11.5 Å². The summed E-state index contributed by atoms with van der Waals surface area (Å²) in [5, 5.41) is 10.9. The number of nitrogens with two attached hydrogens (primary N) is 1. The molecule has 3 rings (SSSR count). The maximum absolute atomic E-state index is 11.7. The lowest BCUT2D eigenvalue weighted by Crippen LogP contribution is -2.10. The fourth-order valence-corrected chi connectivity index (χ4v) is 2.39. The van der Waals surface area contributed by atoms with E-state index in [1.54, 1.807) is 0 Å². The van der Waals surface area contributed by atoms with Crippen molar-refractivity contribution in [3.63, 3.8) is 0 Å². The van der Waals surface area contributed by atoms with Crippen LogP contribution in [0.3, 0.4) is 0 Å². The lowest BCUT2D eigenvalue weighted by molar-refractivity contribution is -0.116. The molecule has 3 aromatic rings. The Balaban J connectivity index is 1.92. The van der Waals surface area contributed by atoms with Gasteiger partial charge in [0, 0.05) is 17.5 Å². The predicted octanol–water partition coefficient (Wildman–Crippen LogP) is 3.55. The Bertz CT molecular complexity index is 805. The summed E-state index contributed by atoms with van der Waals surface area (Å²) in [6.45, 7) is 1.97. The monoisotopic (exact) mass is 294 g/mol. The normalized spacial score (nSPS) is 10.8. The third-order valence-electron chi connectivity index (χ3n) is 3.54. The van der Waals surface area contributed by atoms with Crippen LogP contribution in [0.25, 0.3) is 22.0 Å². The maximum atomic E-state index is 11.7. The van der Waals surface area contributed by atoms with Crippen molar-refractivity contribution in [1.82, 2.24) is 10.2 Å². The third-order valence-corrected chi connectivity index (χ3v) is 3.54. The first-order chi connectivity index (χ1) is 10.7. The average Bonchev–Trinajstić information content (AvgIpc) is 2.90. The summed E-state index contributed by atoms with van der Waals surface area (Å²) in [5.41, 5.74) is 9.50. The summed E-state index contributed by atoms with van der Waals surface area (Å²) in [6, 6.07) is 13.7. The molecule has 4 N–H and O–H groups in total. The van der Waals surface area contributed by atoms with E-state index in [1.165, 1.54) is 0 Å². The van der Waals surface area contributed by atoms with E-state index >= 15 is 0 Å². The number of hydrogen-bond donors (Lipinski definition) is 3. The van der Waals surface area contributed by atoms with Crippen molar-refractivity contribution in [3.05, 3.63) is 42.5 Å². The zero-order valence-electron chi connectivity index (χ0n) is 12.4. The highest BCUT2D eigenvalue weighted by Gasteiger charge is 2.09. The number of fused-ring (bicyclic) bond motifs is 1. The number of amides is 1. The Kier molecular flexibility index (Phi) is 3.78. The average molecular weight is 294 g/mol. The quantitative estimate of drug-likeness (QED) is 0.643. The molecule has 0 unspecified atom stereocenters. The number of nitrogens with zero attached hydrogens (tertiary/aromatic N) is 1. The Hall–Kier alpha value is -2.82. The molecule has 0 atom stereocenters. The molecule has 0 saturated heterocycles. The van der Waals surface area contributed by atoms with Crippen molar-refractivity contribution < 1.29 is 4.79 Å². The summed E-state index contributed by atoms with van der Waals surface area (Å²) in [4.78, 5) is 11.7. The van der Waals surface area contributed by atoms with Gasteiger partial charge in [-0.05, 0) is 41.8 Å². The van der Waals surface area contributed by atoms with Crippen LogP contribution in [0.5, 0.6) is 0 Å². The molecule has 22 heavy (non-hydrogen) atoms. The Morgan fingerprint density at radius 3 is 2.64 bits per heavy atom. The number of anilines is 2. The van der Waals surface area contributed by atoms with Crippen LogP contribution in [0, 0.1) is 0 Å². The maximum Gasteiger partial charge on any atom is 0.225 e. The van der Waals surface area contributed by atoms with Crippen molar-refractivity contribution in [1.29, 1.82) is 0 Å². The number of hydrogen-bond acceptors (Lipinski definition) is 3. The molecule has 1 aromatic heterocycles. The van der Waals surface area contributed by atoms with E-state index in [-0.39, 0.29) is 5.91 Å². The zero-order valence-corrected chi connectivity index (χ0v) is 12.4. The number of aromatic nitrogens is 2. The van der Waals surface area contributed by atoms with Gasteiger partial charge in [-0.2, -0.15) is 5.10 Å². The van der Waals surface area contributed by atoms with Gasteiger partial charge in [0.1, 0.15) is 0 Å². The molecule has 0 bridgehead atoms. The molecule has 0 fully saturated rings. The van der Waals surface area contributed by atoms with Gasteiger partial charge in [-0.3, -0.25) is 9.89 Å². The molecule has 112 valence electrons. The fourth-order valence-electron chi connectivity index (χ4n) is 2.39. The first kappa shape index (κ1) is 14.1. The molecule has 1 heterocycles. The minimum absolute atomic E-state index is 0.0153. The van der Waals surface area contributed by atoms with Gasteiger partial charge in [0.15, 0.2) is 5.82 Å². The van der Waals surface area contributed by atoms with Crippen LogP contribution < -0.4 is 11.1 Å². The van der Waals surface area contributed by atoms with Gasteiger partial charge in [0.05, 0.1) is 5.52 Å². The number of H-pyrrole nitrogens is 1. The van der Waals surface area contributed by atoms with Crippen LogP contribution in [-0.4, -0.2) is 16.1 Å². The molecule has 2 aromatic carbocycles. The van der Waals surface area contributed by atoms with Crippen LogP contribution in [0.2, 0.25) is 0 Å². The second-order valence-corrected chi connectivity index (χ2v) is 5.25. The van der Waals surface area contributed by atoms with Gasteiger partial charge in [0.2, 0.25) is 5.91 Å². The van der Waals surface area contributed by atoms with E-state index in [4.69, 9.17) is 5.73 Å². The Morgan fingerprint density at radius 2 is 1.91 bits per heavy atom. The molecular formula is C17H18N4O. The van der Waals surface area contributed by atoms with Gasteiger partial charge in [-0.15, -0.1) is 0 Å². The lowest BCUT2D eigenvalue weighted by atomic mass is 10.0. The van der Waals surface area contributed by atoms with Gasteiger partial charge < -0.3 is 11.1 Å². The highest BCUT2D eigenvalue weighted by atomic mass is 16.1. The number of aromatic amines is 1. The smallest absolute Gasteiger partial charge is 0.225 e. The number of carbonyl (C=O) groups excluding carboxylic acids is 1. The molecule has 0 spiro atoms. The van der Waals surface area contributed by atoms with Gasteiger partial charge in [-0.1, -0.05) is 25.1 Å². The molecule has 1 amide bonds. The van der Waals surface area contributed by atoms with E-state index in [2.05, 4.69) is 15.5 Å². The van der Waals surface area contributed by atoms with Crippen molar-refractivity contribution >= 4 is 28.3 Å². The summed E-state index contributed by atoms with van der Waals surface area (Å²) in [7, 11) is 0. The van der Waals surface area contributed by atoms with Crippen LogP contribution >= 0.6 is 0 Å². The SMILES string of the molecule is CCCC(=O)Nc1n[nH]c2cc(-c3ccc(N)cc3)ccc12. The molecule has 0 aliphatic rings. The predicted molar refractivity (Wildman–Crippen MR) is 89.5 cm³/mol. The van der Waals surface area contributed by atoms with E-state index < -0.39 is 0 Å². The minimum Gasteiger partial charge on any atom is -0.399 e. The minimum atomic E-state index is -0.0153. The second-order valence-electron chi connectivity index (χ2n) is 5.25. The van der Waals surface area contributed by atoms with Crippen LogP contribution in [-0.2, 0) is 4.79 Å². The van der Waals surface area contributed by atoms with E-state index in [0.717, 1.165) is 34.1 Å². The molecule has 0 aliphatic heterocycles. The fraction of sp³-hybridized carbons (Fsp3) is 0.176. The lowest BCUT2D eigenvalue weighted by Gasteiger charge is -2.03. The summed E-state index contributed by atoms with van der Waals surface area (Å²) in [5.74, 6) is 0.566. The molecule has 5 nitrogen and oxygen atoms in total. The first-order valence-electron chi connectivity index (χ1n) is 7.31. The zero-order chi connectivity index (χ0) is 15.5. The van der Waals surface area contributed by atoms with Crippen molar-refractivity contribution in [2.75, 3.05) is 11.1 Å². The second kappa shape index (κ2) is 5.89. The van der Waals surface area contributed by atoms with Crippen molar-refractivity contribution in [2.24, 2.45) is 0 Å². The van der Waals surface area contributed by atoms with Crippen molar-refractivity contribution in [3.8, 4) is 11.1 Å². The first-order valence-corrected chi connectivity index (χ1v) is 7.31. The number of carbonyl (C=O) groups is 1. The molecule has 0 aliphatic carbocycles. The van der Waals surface area contributed by atoms with E-state index in [1.807, 2.05) is 49.4 Å².